The second-order valence-electron chi connectivity index (χ2n) is 4.77. The Labute approximate surface area is 119 Å². The molecule has 0 fully saturated rings. The quantitative estimate of drug-likeness (QED) is 0.899. The number of nitrogens with one attached hydrogen (secondary N) is 1. The Morgan fingerprint density at radius 3 is 2.70 bits per heavy atom. The van der Waals surface area contributed by atoms with Crippen LogP contribution in [0.4, 0.5) is 5.69 Å². The Balaban J connectivity index is 2.11. The van der Waals surface area contributed by atoms with Crippen LogP contribution in [0.25, 0.3) is 0 Å². The first kappa shape index (κ1) is 14.1. The molecule has 0 bridgehead atoms. The van der Waals surface area contributed by atoms with Crippen molar-refractivity contribution in [1.29, 1.82) is 5.26 Å². The zero-order valence-electron chi connectivity index (χ0n) is 11.8. The number of hydrogen-bond donors (Lipinski definition) is 1. The molecule has 1 N–H and O–H groups in total. The number of rotatable bonds is 5. The topological polar surface area (TPSA) is 45.0 Å². The molecule has 0 aliphatic carbocycles. The van der Waals surface area contributed by atoms with Gasteiger partial charge in [0.1, 0.15) is 6.07 Å². The monoisotopic (exact) mass is 266 g/mol. The summed E-state index contributed by atoms with van der Waals surface area (Å²) < 4.78 is 5.13. The summed E-state index contributed by atoms with van der Waals surface area (Å²) in [6.45, 7) is 3.32. The Bertz CT molecular complexity index is 629. The van der Waals surface area contributed by atoms with Gasteiger partial charge < -0.3 is 10.1 Å². The van der Waals surface area contributed by atoms with E-state index in [-0.39, 0.29) is 0 Å². The summed E-state index contributed by atoms with van der Waals surface area (Å²) in [5.74, 6) is 0. The van der Waals surface area contributed by atoms with Gasteiger partial charge in [-0.1, -0.05) is 30.3 Å². The first-order valence-corrected chi connectivity index (χ1v) is 6.54. The number of methoxy groups -OCH3 is 1. The third-order valence-electron chi connectivity index (χ3n) is 3.08. The summed E-state index contributed by atoms with van der Waals surface area (Å²) in [5, 5.41) is 12.4. The van der Waals surface area contributed by atoms with Gasteiger partial charge >= 0.3 is 0 Å². The van der Waals surface area contributed by atoms with Crippen molar-refractivity contribution in [3.63, 3.8) is 0 Å². The van der Waals surface area contributed by atoms with Crippen molar-refractivity contribution in [2.75, 3.05) is 12.4 Å². The van der Waals surface area contributed by atoms with Crippen molar-refractivity contribution in [3.8, 4) is 6.07 Å². The van der Waals surface area contributed by atoms with Crippen molar-refractivity contribution < 1.29 is 4.74 Å². The Morgan fingerprint density at radius 1 is 1.15 bits per heavy atom. The maximum absolute atomic E-state index is 9.11. The molecule has 102 valence electrons. The van der Waals surface area contributed by atoms with Crippen LogP contribution in [0.1, 0.15) is 22.3 Å². The van der Waals surface area contributed by atoms with Crippen LogP contribution >= 0.6 is 0 Å². The summed E-state index contributed by atoms with van der Waals surface area (Å²) >= 11 is 0. The molecular weight excluding hydrogens is 248 g/mol. The maximum atomic E-state index is 9.11. The molecule has 0 unspecified atom stereocenters. The molecule has 0 aromatic heterocycles. The second-order valence-corrected chi connectivity index (χ2v) is 4.77. The van der Waals surface area contributed by atoms with E-state index >= 15 is 0 Å². The van der Waals surface area contributed by atoms with Crippen molar-refractivity contribution >= 4 is 5.69 Å². The van der Waals surface area contributed by atoms with Crippen molar-refractivity contribution in [3.05, 3.63) is 64.7 Å². The van der Waals surface area contributed by atoms with Gasteiger partial charge in [0.05, 0.1) is 17.9 Å². The SMILES string of the molecule is COCc1cccc(CNc2cc(C)ccc2C#N)c1. The van der Waals surface area contributed by atoms with Gasteiger partial charge in [0.15, 0.2) is 0 Å². The first-order valence-electron chi connectivity index (χ1n) is 6.54. The fourth-order valence-corrected chi connectivity index (χ4v) is 2.10. The minimum Gasteiger partial charge on any atom is -0.380 e. The van der Waals surface area contributed by atoms with E-state index in [4.69, 9.17) is 10.00 Å². The summed E-state index contributed by atoms with van der Waals surface area (Å²) in [4.78, 5) is 0. The highest BCUT2D eigenvalue weighted by Crippen LogP contribution is 2.18. The van der Waals surface area contributed by atoms with Crippen LogP contribution < -0.4 is 5.32 Å². The zero-order chi connectivity index (χ0) is 14.4. The van der Waals surface area contributed by atoms with E-state index in [9.17, 15) is 0 Å². The molecule has 2 aromatic rings. The van der Waals surface area contributed by atoms with Crippen molar-refractivity contribution in [2.45, 2.75) is 20.1 Å². The van der Waals surface area contributed by atoms with Gasteiger partial charge in [-0.15, -0.1) is 0 Å². The molecule has 2 aromatic carbocycles. The molecule has 0 saturated carbocycles. The molecule has 0 saturated heterocycles. The summed E-state index contributed by atoms with van der Waals surface area (Å²) in [6.07, 6.45) is 0. The van der Waals surface area contributed by atoms with Crippen LogP contribution in [0, 0.1) is 18.3 Å². The fourth-order valence-electron chi connectivity index (χ4n) is 2.10. The fraction of sp³-hybridized carbons (Fsp3) is 0.235. The van der Waals surface area contributed by atoms with Gasteiger partial charge in [-0.2, -0.15) is 5.26 Å². The normalized spacial score (nSPS) is 10.1. The third kappa shape index (κ3) is 3.59. The van der Waals surface area contributed by atoms with Gasteiger partial charge in [-0.25, -0.2) is 0 Å². The highest BCUT2D eigenvalue weighted by Gasteiger charge is 2.02. The minimum atomic E-state index is 0.613. The molecular formula is C17H18N2O. The number of nitriles is 1. The second kappa shape index (κ2) is 6.74. The zero-order valence-corrected chi connectivity index (χ0v) is 11.8. The lowest BCUT2D eigenvalue weighted by atomic mass is 10.1. The number of anilines is 1. The molecule has 20 heavy (non-hydrogen) atoms. The largest absolute Gasteiger partial charge is 0.380 e. The smallest absolute Gasteiger partial charge is 0.101 e. The van der Waals surface area contributed by atoms with Crippen LogP contribution in [0.5, 0.6) is 0 Å². The Hall–Kier alpha value is -2.31. The summed E-state index contributed by atoms with van der Waals surface area (Å²) in [6, 6.07) is 16.2. The molecule has 2 rings (SSSR count). The molecule has 0 aliphatic heterocycles. The van der Waals surface area contributed by atoms with E-state index in [1.54, 1.807) is 7.11 Å². The molecule has 0 spiro atoms. The molecule has 0 aliphatic rings. The number of aryl methyl sites for hydroxylation is 1. The molecule has 0 atom stereocenters. The average Bonchev–Trinajstić information content (AvgIpc) is 2.46. The van der Waals surface area contributed by atoms with Crippen molar-refractivity contribution in [2.24, 2.45) is 0 Å². The number of hydrogen-bond acceptors (Lipinski definition) is 3. The van der Waals surface area contributed by atoms with E-state index in [1.165, 1.54) is 5.56 Å². The van der Waals surface area contributed by atoms with Crippen molar-refractivity contribution in [1.82, 2.24) is 0 Å². The predicted octanol–water partition coefficient (Wildman–Crippen LogP) is 3.63. The molecule has 0 radical (unpaired) electrons. The van der Waals surface area contributed by atoms with Gasteiger partial charge in [0.2, 0.25) is 0 Å². The van der Waals surface area contributed by atoms with Crippen LogP contribution in [0.2, 0.25) is 0 Å². The maximum Gasteiger partial charge on any atom is 0.101 e. The van der Waals surface area contributed by atoms with Crippen LogP contribution in [-0.2, 0) is 17.9 Å². The minimum absolute atomic E-state index is 0.613. The highest BCUT2D eigenvalue weighted by atomic mass is 16.5. The van der Waals surface area contributed by atoms with E-state index in [0.717, 1.165) is 16.8 Å². The van der Waals surface area contributed by atoms with Crippen LogP contribution in [0.15, 0.2) is 42.5 Å². The predicted molar refractivity (Wildman–Crippen MR) is 80.4 cm³/mol. The van der Waals surface area contributed by atoms with Crippen LogP contribution in [0.3, 0.4) is 0 Å². The number of benzene rings is 2. The summed E-state index contributed by atoms with van der Waals surface area (Å²) in [7, 11) is 1.69. The lowest BCUT2D eigenvalue weighted by molar-refractivity contribution is 0.185. The molecule has 0 heterocycles. The first-order chi connectivity index (χ1) is 9.72. The summed E-state index contributed by atoms with van der Waals surface area (Å²) in [5.41, 5.74) is 5.01. The lowest BCUT2D eigenvalue weighted by Gasteiger charge is -2.10. The lowest BCUT2D eigenvalue weighted by Crippen LogP contribution is -2.02. The van der Waals surface area contributed by atoms with E-state index in [0.29, 0.717) is 18.7 Å². The Morgan fingerprint density at radius 2 is 1.95 bits per heavy atom. The van der Waals surface area contributed by atoms with Crippen LogP contribution in [-0.4, -0.2) is 7.11 Å². The van der Waals surface area contributed by atoms with Gasteiger partial charge in [-0.3, -0.25) is 0 Å². The van der Waals surface area contributed by atoms with Gasteiger partial charge in [0.25, 0.3) is 0 Å². The standard InChI is InChI=1S/C17H18N2O/c1-13-6-7-16(10-18)17(8-13)19-11-14-4-3-5-15(9-14)12-20-2/h3-9,19H,11-12H2,1-2H3. The number of nitrogens with zero attached hydrogens (tertiary/aromatic N) is 1. The number of ether oxygens (including phenoxy) is 1. The molecule has 3 nitrogen and oxygen atoms in total. The molecule has 0 amide bonds. The third-order valence-corrected chi connectivity index (χ3v) is 3.08. The highest BCUT2D eigenvalue weighted by molar-refractivity contribution is 5.59. The van der Waals surface area contributed by atoms with E-state index in [1.807, 2.05) is 37.3 Å². The average molecular weight is 266 g/mol. The molecule has 3 heteroatoms. The van der Waals surface area contributed by atoms with Gasteiger partial charge in [0, 0.05) is 13.7 Å². The van der Waals surface area contributed by atoms with E-state index in [2.05, 4.69) is 23.5 Å². The van der Waals surface area contributed by atoms with E-state index < -0.39 is 0 Å². The van der Waals surface area contributed by atoms with Gasteiger partial charge in [-0.05, 0) is 35.7 Å². The Kier molecular flexibility index (Phi) is 4.75.